The third-order valence-corrected chi connectivity index (χ3v) is 4.46. The fourth-order valence-electron chi connectivity index (χ4n) is 2.98. The Morgan fingerprint density at radius 1 is 1.37 bits per heavy atom. The van der Waals surface area contributed by atoms with Gasteiger partial charge in [0.05, 0.1) is 12.1 Å². The molecule has 1 aromatic rings. The summed E-state index contributed by atoms with van der Waals surface area (Å²) in [5.41, 5.74) is 6.92. The van der Waals surface area contributed by atoms with Crippen LogP contribution in [0.15, 0.2) is 6.07 Å². The molecule has 5 heteroatoms. The summed E-state index contributed by atoms with van der Waals surface area (Å²) in [4.78, 5) is 0. The Hall–Kier alpha value is -1.13. The maximum Gasteiger partial charge on any atom is 0.168 e. The van der Waals surface area contributed by atoms with Crippen molar-refractivity contribution in [3.8, 4) is 17.2 Å². The molecule has 19 heavy (non-hydrogen) atoms. The molecule has 0 spiro atoms. The van der Waals surface area contributed by atoms with E-state index in [1.54, 1.807) is 13.2 Å². The van der Waals surface area contributed by atoms with Crippen LogP contribution in [-0.2, 0) is 5.41 Å². The summed E-state index contributed by atoms with van der Waals surface area (Å²) in [6, 6.07) is 1.77. The summed E-state index contributed by atoms with van der Waals surface area (Å²) in [6.07, 6.45) is 3.24. The van der Waals surface area contributed by atoms with E-state index in [9.17, 15) is 0 Å². The Morgan fingerprint density at radius 2 is 2.11 bits per heavy atom. The standard InChI is InChI=1S/C14H18ClNO3/c1-17-12-9(15)7-10-13(19-6-5-18-10)11(12)14(8-16)3-2-4-14/h7H,2-6,8,16H2,1H3. The van der Waals surface area contributed by atoms with Crippen molar-refractivity contribution in [2.45, 2.75) is 24.7 Å². The van der Waals surface area contributed by atoms with E-state index >= 15 is 0 Å². The van der Waals surface area contributed by atoms with Gasteiger partial charge in [-0.1, -0.05) is 18.0 Å². The highest BCUT2D eigenvalue weighted by Gasteiger charge is 2.44. The molecule has 3 rings (SSSR count). The number of hydrogen-bond acceptors (Lipinski definition) is 4. The maximum atomic E-state index is 6.31. The van der Waals surface area contributed by atoms with Crippen molar-refractivity contribution in [2.75, 3.05) is 26.9 Å². The van der Waals surface area contributed by atoms with Crippen LogP contribution in [0.4, 0.5) is 0 Å². The van der Waals surface area contributed by atoms with E-state index in [4.69, 9.17) is 31.5 Å². The highest BCUT2D eigenvalue weighted by Crippen LogP contribution is 2.55. The van der Waals surface area contributed by atoms with E-state index in [1.807, 2.05) is 0 Å². The van der Waals surface area contributed by atoms with Crippen molar-refractivity contribution < 1.29 is 14.2 Å². The van der Waals surface area contributed by atoms with Crippen molar-refractivity contribution in [1.82, 2.24) is 0 Å². The molecule has 0 aromatic heterocycles. The van der Waals surface area contributed by atoms with Crippen molar-refractivity contribution >= 4 is 11.6 Å². The molecule has 1 saturated carbocycles. The quantitative estimate of drug-likeness (QED) is 0.926. The van der Waals surface area contributed by atoms with Crippen LogP contribution in [0, 0.1) is 0 Å². The second-order valence-electron chi connectivity index (χ2n) is 5.13. The molecule has 0 unspecified atom stereocenters. The number of fused-ring (bicyclic) bond motifs is 1. The van der Waals surface area contributed by atoms with Crippen LogP contribution < -0.4 is 19.9 Å². The Kier molecular flexibility index (Phi) is 3.23. The number of rotatable bonds is 3. The van der Waals surface area contributed by atoms with E-state index < -0.39 is 0 Å². The Labute approximate surface area is 117 Å². The molecule has 0 atom stereocenters. The smallest absolute Gasteiger partial charge is 0.168 e. The summed E-state index contributed by atoms with van der Waals surface area (Å²) in [5, 5.41) is 0.557. The van der Waals surface area contributed by atoms with E-state index in [-0.39, 0.29) is 5.41 Å². The minimum atomic E-state index is -0.0823. The van der Waals surface area contributed by atoms with Gasteiger partial charge in [0.1, 0.15) is 19.0 Å². The van der Waals surface area contributed by atoms with Crippen LogP contribution in [0.5, 0.6) is 17.2 Å². The zero-order chi connectivity index (χ0) is 13.5. The van der Waals surface area contributed by atoms with E-state index in [1.165, 1.54) is 6.42 Å². The van der Waals surface area contributed by atoms with Gasteiger partial charge in [-0.2, -0.15) is 0 Å². The largest absolute Gasteiger partial charge is 0.495 e. The second kappa shape index (κ2) is 4.76. The summed E-state index contributed by atoms with van der Waals surface area (Å²) >= 11 is 6.31. The van der Waals surface area contributed by atoms with Gasteiger partial charge in [0.25, 0.3) is 0 Å². The van der Waals surface area contributed by atoms with Crippen molar-refractivity contribution in [1.29, 1.82) is 0 Å². The summed E-state index contributed by atoms with van der Waals surface area (Å²) in [6.45, 7) is 1.66. The average Bonchev–Trinajstić information content (AvgIpc) is 2.38. The minimum Gasteiger partial charge on any atom is -0.495 e. The van der Waals surface area contributed by atoms with Gasteiger partial charge in [0, 0.05) is 23.6 Å². The number of halogens is 1. The lowest BCUT2D eigenvalue weighted by Crippen LogP contribution is -2.42. The van der Waals surface area contributed by atoms with Crippen LogP contribution in [0.2, 0.25) is 5.02 Å². The van der Waals surface area contributed by atoms with Crippen LogP contribution in [0.3, 0.4) is 0 Å². The van der Waals surface area contributed by atoms with Gasteiger partial charge in [-0.3, -0.25) is 0 Å². The number of ether oxygens (including phenoxy) is 3. The first kappa shape index (κ1) is 12.9. The van der Waals surface area contributed by atoms with E-state index in [0.29, 0.717) is 36.3 Å². The molecule has 4 nitrogen and oxygen atoms in total. The lowest BCUT2D eigenvalue weighted by molar-refractivity contribution is 0.157. The number of hydrogen-bond donors (Lipinski definition) is 1. The molecule has 1 aliphatic heterocycles. The fourth-order valence-corrected chi connectivity index (χ4v) is 3.25. The van der Waals surface area contributed by atoms with Gasteiger partial charge in [-0.15, -0.1) is 0 Å². The Morgan fingerprint density at radius 3 is 2.68 bits per heavy atom. The maximum absolute atomic E-state index is 6.31. The number of methoxy groups -OCH3 is 1. The Balaban J connectivity index is 2.22. The van der Waals surface area contributed by atoms with Gasteiger partial charge in [0.2, 0.25) is 0 Å². The molecular weight excluding hydrogens is 266 g/mol. The van der Waals surface area contributed by atoms with Gasteiger partial charge in [0.15, 0.2) is 11.5 Å². The zero-order valence-corrected chi connectivity index (χ0v) is 11.8. The van der Waals surface area contributed by atoms with Gasteiger partial charge in [-0.25, -0.2) is 0 Å². The predicted molar refractivity (Wildman–Crippen MR) is 73.6 cm³/mol. The first-order valence-electron chi connectivity index (χ1n) is 6.58. The molecule has 0 saturated heterocycles. The zero-order valence-electron chi connectivity index (χ0n) is 11.0. The normalized spacial score (nSPS) is 19.7. The summed E-state index contributed by atoms with van der Waals surface area (Å²) < 4.78 is 17.0. The molecule has 1 aliphatic carbocycles. The lowest BCUT2D eigenvalue weighted by Gasteiger charge is -2.43. The molecule has 2 N–H and O–H groups in total. The number of nitrogens with two attached hydrogens (primary N) is 1. The molecule has 104 valence electrons. The summed E-state index contributed by atoms with van der Waals surface area (Å²) in [7, 11) is 1.63. The predicted octanol–water partition coefficient (Wildman–Crippen LogP) is 2.50. The molecule has 0 bridgehead atoms. The second-order valence-corrected chi connectivity index (χ2v) is 5.54. The SMILES string of the molecule is COc1c(Cl)cc2c(c1C1(CN)CCC1)OCCO2. The fraction of sp³-hybridized carbons (Fsp3) is 0.571. The topological polar surface area (TPSA) is 53.7 Å². The van der Waals surface area contributed by atoms with Gasteiger partial charge < -0.3 is 19.9 Å². The van der Waals surface area contributed by atoms with Crippen LogP contribution in [-0.4, -0.2) is 26.9 Å². The van der Waals surface area contributed by atoms with Crippen molar-refractivity contribution in [2.24, 2.45) is 5.73 Å². The van der Waals surface area contributed by atoms with Crippen molar-refractivity contribution in [3.05, 3.63) is 16.7 Å². The van der Waals surface area contributed by atoms with Crippen molar-refractivity contribution in [3.63, 3.8) is 0 Å². The van der Waals surface area contributed by atoms with E-state index in [0.717, 1.165) is 24.2 Å². The molecule has 1 aromatic carbocycles. The molecule has 2 aliphatic rings. The summed E-state index contributed by atoms with van der Waals surface area (Å²) in [5.74, 6) is 2.14. The molecule has 1 heterocycles. The van der Waals surface area contributed by atoms with E-state index in [2.05, 4.69) is 0 Å². The Bertz CT molecular complexity index is 494. The molecule has 0 amide bonds. The van der Waals surface area contributed by atoms with Crippen LogP contribution >= 0.6 is 11.6 Å². The number of benzene rings is 1. The van der Waals surface area contributed by atoms with Gasteiger partial charge >= 0.3 is 0 Å². The van der Waals surface area contributed by atoms with Gasteiger partial charge in [-0.05, 0) is 12.8 Å². The first-order chi connectivity index (χ1) is 9.22. The molecule has 1 fully saturated rings. The van der Waals surface area contributed by atoms with Crippen LogP contribution in [0.25, 0.3) is 0 Å². The monoisotopic (exact) mass is 283 g/mol. The third kappa shape index (κ3) is 1.85. The first-order valence-corrected chi connectivity index (χ1v) is 6.96. The minimum absolute atomic E-state index is 0.0823. The highest BCUT2D eigenvalue weighted by molar-refractivity contribution is 6.32. The molecule has 0 radical (unpaired) electrons. The third-order valence-electron chi connectivity index (χ3n) is 4.18. The highest BCUT2D eigenvalue weighted by atomic mass is 35.5. The van der Waals surface area contributed by atoms with Crippen LogP contribution in [0.1, 0.15) is 24.8 Å². The lowest BCUT2D eigenvalue weighted by atomic mass is 9.64. The molecular formula is C14H18ClNO3. The average molecular weight is 284 g/mol.